The van der Waals surface area contributed by atoms with Gasteiger partial charge in [0.15, 0.2) is 0 Å². The summed E-state index contributed by atoms with van der Waals surface area (Å²) >= 11 is 0. The van der Waals surface area contributed by atoms with E-state index in [1.54, 1.807) is 6.92 Å². The van der Waals surface area contributed by atoms with E-state index < -0.39 is 23.3 Å². The van der Waals surface area contributed by atoms with Gasteiger partial charge in [0, 0.05) is 24.8 Å². The van der Waals surface area contributed by atoms with Gasteiger partial charge in [-0.15, -0.1) is 0 Å². The molecular formula is C12H9F3N2O2. The molecule has 0 saturated heterocycles. The van der Waals surface area contributed by atoms with Crippen LogP contribution in [0.2, 0.25) is 0 Å². The molecule has 0 atom stereocenters. The zero-order chi connectivity index (χ0) is 14.2. The molecular weight excluding hydrogens is 261 g/mol. The minimum Gasteiger partial charge on any atom is -0.478 e. The highest BCUT2D eigenvalue weighted by atomic mass is 19.4. The highest BCUT2D eigenvalue weighted by Crippen LogP contribution is 2.33. The molecule has 0 aliphatic carbocycles. The lowest BCUT2D eigenvalue weighted by atomic mass is 10.2. The van der Waals surface area contributed by atoms with Crippen molar-refractivity contribution in [3.8, 4) is 5.69 Å². The first kappa shape index (κ1) is 13.1. The summed E-state index contributed by atoms with van der Waals surface area (Å²) < 4.78 is 39.4. The van der Waals surface area contributed by atoms with Crippen LogP contribution in [0, 0.1) is 6.92 Å². The topological polar surface area (TPSA) is 55.1 Å². The number of halogens is 3. The molecule has 2 heterocycles. The molecule has 7 heteroatoms. The van der Waals surface area contributed by atoms with Crippen LogP contribution in [0.3, 0.4) is 0 Å². The third-order valence-electron chi connectivity index (χ3n) is 2.63. The number of hydrogen-bond donors (Lipinski definition) is 1. The van der Waals surface area contributed by atoms with Crippen molar-refractivity contribution in [3.05, 3.63) is 47.5 Å². The summed E-state index contributed by atoms with van der Waals surface area (Å²) in [6.45, 7) is 1.68. The highest BCUT2D eigenvalue weighted by molar-refractivity contribution is 5.89. The van der Waals surface area contributed by atoms with E-state index >= 15 is 0 Å². The number of pyridine rings is 1. The summed E-state index contributed by atoms with van der Waals surface area (Å²) in [7, 11) is 0. The van der Waals surface area contributed by atoms with Gasteiger partial charge in [0.1, 0.15) is 0 Å². The van der Waals surface area contributed by atoms with Crippen molar-refractivity contribution in [2.75, 3.05) is 0 Å². The largest absolute Gasteiger partial charge is 0.478 e. The van der Waals surface area contributed by atoms with E-state index in [-0.39, 0.29) is 0 Å². The van der Waals surface area contributed by atoms with Crippen molar-refractivity contribution in [3.63, 3.8) is 0 Å². The van der Waals surface area contributed by atoms with E-state index in [9.17, 15) is 18.0 Å². The first-order valence-electron chi connectivity index (χ1n) is 5.24. The molecule has 4 nitrogen and oxygen atoms in total. The monoisotopic (exact) mass is 270 g/mol. The van der Waals surface area contributed by atoms with Crippen molar-refractivity contribution in [1.29, 1.82) is 0 Å². The van der Waals surface area contributed by atoms with Crippen LogP contribution in [0.25, 0.3) is 5.69 Å². The summed E-state index contributed by atoms with van der Waals surface area (Å²) in [6.07, 6.45) is -0.0712. The van der Waals surface area contributed by atoms with Gasteiger partial charge in [-0.25, -0.2) is 4.79 Å². The number of alkyl halides is 3. The van der Waals surface area contributed by atoms with Crippen LogP contribution in [0.1, 0.15) is 21.5 Å². The molecule has 0 fully saturated rings. The Morgan fingerprint density at radius 1 is 1.37 bits per heavy atom. The zero-order valence-corrected chi connectivity index (χ0v) is 9.77. The van der Waals surface area contributed by atoms with Gasteiger partial charge in [-0.3, -0.25) is 4.98 Å². The molecule has 2 aromatic rings. The molecule has 19 heavy (non-hydrogen) atoms. The second-order valence-electron chi connectivity index (χ2n) is 3.96. The first-order chi connectivity index (χ1) is 8.80. The maximum Gasteiger partial charge on any atom is 0.418 e. The first-order valence-corrected chi connectivity index (χ1v) is 5.24. The zero-order valence-electron chi connectivity index (χ0n) is 9.77. The number of aromatic nitrogens is 2. The van der Waals surface area contributed by atoms with Crippen LogP contribution < -0.4 is 0 Å². The molecule has 0 saturated carbocycles. The third kappa shape index (κ3) is 2.44. The summed E-state index contributed by atoms with van der Waals surface area (Å²) in [6, 6.07) is 1.51. The van der Waals surface area contributed by atoms with Crippen LogP contribution in [0.5, 0.6) is 0 Å². The number of rotatable bonds is 2. The van der Waals surface area contributed by atoms with Crippen LogP contribution in [0.4, 0.5) is 13.2 Å². The van der Waals surface area contributed by atoms with Crippen molar-refractivity contribution < 1.29 is 23.1 Å². The van der Waals surface area contributed by atoms with Crippen LogP contribution in [0.15, 0.2) is 30.9 Å². The Hall–Kier alpha value is -2.31. The Bertz CT molecular complexity index is 632. The summed E-state index contributed by atoms with van der Waals surface area (Å²) in [5.74, 6) is -1.61. The molecule has 0 unspecified atom stereocenters. The van der Waals surface area contributed by atoms with Gasteiger partial charge in [-0.1, -0.05) is 0 Å². The predicted octanol–water partition coefficient (Wildman–Crippen LogP) is 2.90. The van der Waals surface area contributed by atoms with Crippen LogP contribution >= 0.6 is 0 Å². The third-order valence-corrected chi connectivity index (χ3v) is 2.63. The lowest BCUT2D eigenvalue weighted by Crippen LogP contribution is -2.09. The lowest BCUT2D eigenvalue weighted by molar-refractivity contribution is -0.138. The normalized spacial score (nSPS) is 11.6. The molecule has 1 N–H and O–H groups in total. The predicted molar refractivity (Wildman–Crippen MR) is 60.3 cm³/mol. The van der Waals surface area contributed by atoms with Gasteiger partial charge in [0.2, 0.25) is 0 Å². The van der Waals surface area contributed by atoms with E-state index in [1.807, 2.05) is 0 Å². The molecule has 2 rings (SSSR count). The Balaban J connectivity index is 2.62. The van der Waals surface area contributed by atoms with Crippen LogP contribution in [-0.4, -0.2) is 20.6 Å². The number of hydrogen-bond acceptors (Lipinski definition) is 2. The number of nitrogens with zero attached hydrogens (tertiary/aromatic N) is 2. The quantitative estimate of drug-likeness (QED) is 0.912. The molecule has 0 bridgehead atoms. The Kier molecular flexibility index (Phi) is 3.05. The van der Waals surface area contributed by atoms with Gasteiger partial charge in [0.25, 0.3) is 0 Å². The minimum absolute atomic E-state index is 0.452. The SMILES string of the molecule is Cc1cnccc1-n1cc(C(=O)O)c(C(F)(F)F)c1. The summed E-state index contributed by atoms with van der Waals surface area (Å²) in [5, 5.41) is 8.83. The van der Waals surface area contributed by atoms with Gasteiger partial charge < -0.3 is 9.67 Å². The fourth-order valence-electron chi connectivity index (χ4n) is 1.75. The average molecular weight is 270 g/mol. The lowest BCUT2D eigenvalue weighted by Gasteiger charge is -2.06. The summed E-state index contributed by atoms with van der Waals surface area (Å²) in [4.78, 5) is 14.7. The van der Waals surface area contributed by atoms with Crippen molar-refractivity contribution in [2.45, 2.75) is 13.1 Å². The fraction of sp³-hybridized carbons (Fsp3) is 0.167. The Morgan fingerprint density at radius 3 is 2.53 bits per heavy atom. The van der Waals surface area contributed by atoms with Crippen molar-refractivity contribution in [2.24, 2.45) is 0 Å². The summed E-state index contributed by atoms with van der Waals surface area (Å²) in [5.41, 5.74) is -0.851. The molecule has 0 aliphatic heterocycles. The maximum absolute atomic E-state index is 12.7. The molecule has 0 aliphatic rings. The molecule has 0 aromatic carbocycles. The minimum atomic E-state index is -4.71. The van der Waals surface area contributed by atoms with E-state index in [2.05, 4.69) is 4.98 Å². The van der Waals surface area contributed by atoms with Crippen molar-refractivity contribution >= 4 is 5.97 Å². The smallest absolute Gasteiger partial charge is 0.418 e. The average Bonchev–Trinajstić information content (AvgIpc) is 2.74. The van der Waals surface area contributed by atoms with Crippen molar-refractivity contribution in [1.82, 2.24) is 9.55 Å². The maximum atomic E-state index is 12.7. The fourth-order valence-corrected chi connectivity index (χ4v) is 1.75. The van der Waals surface area contributed by atoms with Crippen LogP contribution in [-0.2, 0) is 6.18 Å². The highest BCUT2D eigenvalue weighted by Gasteiger charge is 2.37. The number of carbonyl (C=O) groups is 1. The van der Waals surface area contributed by atoms with E-state index in [1.165, 1.54) is 18.5 Å². The molecule has 100 valence electrons. The van der Waals surface area contributed by atoms with E-state index in [0.29, 0.717) is 11.3 Å². The second kappa shape index (κ2) is 4.42. The Labute approximate surface area is 106 Å². The number of aryl methyl sites for hydroxylation is 1. The van der Waals surface area contributed by atoms with Gasteiger partial charge in [-0.05, 0) is 18.6 Å². The Morgan fingerprint density at radius 2 is 2.05 bits per heavy atom. The van der Waals surface area contributed by atoms with Gasteiger partial charge >= 0.3 is 12.1 Å². The molecule has 0 radical (unpaired) electrons. The van der Waals surface area contributed by atoms with E-state index in [0.717, 1.165) is 17.0 Å². The van der Waals surface area contributed by atoms with Gasteiger partial charge in [0.05, 0.1) is 16.8 Å². The molecule has 0 spiro atoms. The van der Waals surface area contributed by atoms with E-state index in [4.69, 9.17) is 5.11 Å². The standard InChI is InChI=1S/C12H9F3N2O2/c1-7-4-16-3-2-10(7)17-5-8(11(18)19)9(6-17)12(13,14)15/h2-6H,1H3,(H,18,19). The van der Waals surface area contributed by atoms with Gasteiger partial charge in [-0.2, -0.15) is 13.2 Å². The second-order valence-corrected chi connectivity index (χ2v) is 3.96. The number of aromatic carboxylic acids is 1. The number of carboxylic acid groups (broad SMARTS) is 1. The molecule has 2 aromatic heterocycles. The molecule has 0 amide bonds. The number of carboxylic acids is 1.